The zero-order valence-corrected chi connectivity index (χ0v) is 15.4. The van der Waals surface area contributed by atoms with Gasteiger partial charge in [0.1, 0.15) is 11.5 Å². The van der Waals surface area contributed by atoms with Crippen LogP contribution in [0.4, 0.5) is 0 Å². The molecule has 142 valence electrons. The first-order valence-corrected chi connectivity index (χ1v) is 8.93. The van der Waals surface area contributed by atoms with E-state index in [4.69, 9.17) is 14.7 Å². The van der Waals surface area contributed by atoms with Crippen LogP contribution in [0.2, 0.25) is 0 Å². The largest absolute Gasteiger partial charge is 0.466 e. The van der Waals surface area contributed by atoms with Gasteiger partial charge in [-0.1, -0.05) is 24.3 Å². The second kappa shape index (κ2) is 7.80. The Bertz CT molecular complexity index is 833. The van der Waals surface area contributed by atoms with Gasteiger partial charge in [-0.15, -0.1) is 0 Å². The number of ether oxygens (including phenoxy) is 2. The van der Waals surface area contributed by atoms with Crippen molar-refractivity contribution in [2.45, 2.75) is 26.7 Å². The molecule has 6 heteroatoms. The van der Waals surface area contributed by atoms with E-state index in [9.17, 15) is 9.59 Å². The lowest BCUT2D eigenvalue weighted by molar-refractivity contribution is -0.152. The summed E-state index contributed by atoms with van der Waals surface area (Å²) in [5.74, 6) is -0.0893. The first-order chi connectivity index (χ1) is 13.0. The van der Waals surface area contributed by atoms with Gasteiger partial charge in [-0.05, 0) is 62.1 Å². The molecule has 0 bridgehead atoms. The highest BCUT2D eigenvalue weighted by atomic mass is 16.5. The molecule has 2 aromatic carbocycles. The maximum atomic E-state index is 12.4. The predicted octanol–water partition coefficient (Wildman–Crippen LogP) is 3.40. The number of esters is 1. The van der Waals surface area contributed by atoms with Crippen LogP contribution in [0.25, 0.3) is 0 Å². The number of hydroxylamine groups is 1. The Balaban J connectivity index is 1.72. The number of carbonyl (C=O) groups is 2. The maximum absolute atomic E-state index is 12.4. The third-order valence-corrected chi connectivity index (χ3v) is 4.85. The van der Waals surface area contributed by atoms with E-state index in [1.807, 2.05) is 55.5 Å². The number of benzene rings is 2. The summed E-state index contributed by atoms with van der Waals surface area (Å²) >= 11 is 0. The SMILES string of the molecule is CCOC(=O)C1(Cc2ccc(Oc3cccc(C)c3)cc2)CC1C(=O)NO. The van der Waals surface area contributed by atoms with Crippen molar-refractivity contribution in [1.82, 2.24) is 5.48 Å². The van der Waals surface area contributed by atoms with Gasteiger partial charge >= 0.3 is 5.97 Å². The molecule has 27 heavy (non-hydrogen) atoms. The van der Waals surface area contributed by atoms with Crippen LogP contribution in [0.5, 0.6) is 11.5 Å². The molecule has 0 heterocycles. The van der Waals surface area contributed by atoms with Crippen LogP contribution in [0.3, 0.4) is 0 Å². The summed E-state index contributed by atoms with van der Waals surface area (Å²) in [6.45, 7) is 3.98. The molecule has 1 saturated carbocycles. The Hall–Kier alpha value is -2.86. The lowest BCUT2D eigenvalue weighted by Crippen LogP contribution is -2.30. The van der Waals surface area contributed by atoms with Crippen molar-refractivity contribution < 1.29 is 24.3 Å². The Labute approximate surface area is 158 Å². The molecule has 2 atom stereocenters. The zero-order chi connectivity index (χ0) is 19.4. The molecule has 0 radical (unpaired) electrons. The minimum atomic E-state index is -0.915. The van der Waals surface area contributed by atoms with Crippen molar-refractivity contribution >= 4 is 11.9 Å². The molecular formula is C21H23NO5. The van der Waals surface area contributed by atoms with Crippen LogP contribution in [0, 0.1) is 18.3 Å². The van der Waals surface area contributed by atoms with Crippen molar-refractivity contribution in [1.29, 1.82) is 0 Å². The normalized spacial score (nSPS) is 20.6. The summed E-state index contributed by atoms with van der Waals surface area (Å²) in [5, 5.41) is 8.88. The minimum Gasteiger partial charge on any atom is -0.466 e. The molecule has 3 rings (SSSR count). The zero-order valence-electron chi connectivity index (χ0n) is 15.4. The maximum Gasteiger partial charge on any atom is 0.313 e. The van der Waals surface area contributed by atoms with Crippen molar-refractivity contribution in [2.75, 3.05) is 6.61 Å². The van der Waals surface area contributed by atoms with Crippen molar-refractivity contribution in [3.63, 3.8) is 0 Å². The molecule has 0 spiro atoms. The van der Waals surface area contributed by atoms with Gasteiger partial charge in [0.2, 0.25) is 5.91 Å². The van der Waals surface area contributed by atoms with Gasteiger partial charge < -0.3 is 9.47 Å². The van der Waals surface area contributed by atoms with Gasteiger partial charge in [-0.25, -0.2) is 5.48 Å². The van der Waals surface area contributed by atoms with Gasteiger partial charge in [0.05, 0.1) is 17.9 Å². The van der Waals surface area contributed by atoms with Gasteiger partial charge in [-0.2, -0.15) is 0 Å². The molecule has 0 aliphatic heterocycles. The van der Waals surface area contributed by atoms with Crippen LogP contribution in [-0.2, 0) is 20.7 Å². The molecule has 1 amide bonds. The predicted molar refractivity (Wildman–Crippen MR) is 98.5 cm³/mol. The quantitative estimate of drug-likeness (QED) is 0.444. The average molecular weight is 369 g/mol. The molecular weight excluding hydrogens is 346 g/mol. The fourth-order valence-electron chi connectivity index (χ4n) is 3.35. The van der Waals surface area contributed by atoms with Crippen LogP contribution in [0.15, 0.2) is 48.5 Å². The molecule has 0 saturated heterocycles. The lowest BCUT2D eigenvalue weighted by Gasteiger charge is -2.16. The molecule has 0 aromatic heterocycles. The fourth-order valence-corrected chi connectivity index (χ4v) is 3.35. The number of hydrogen-bond acceptors (Lipinski definition) is 5. The molecule has 1 aliphatic rings. The molecule has 2 aromatic rings. The average Bonchev–Trinajstić information content (AvgIpc) is 3.38. The summed E-state index contributed by atoms with van der Waals surface area (Å²) in [4.78, 5) is 24.2. The van der Waals surface area contributed by atoms with E-state index in [1.165, 1.54) is 0 Å². The van der Waals surface area contributed by atoms with Gasteiger partial charge in [0.15, 0.2) is 0 Å². The van der Waals surface area contributed by atoms with E-state index < -0.39 is 23.2 Å². The molecule has 1 aliphatic carbocycles. The highest BCUT2D eigenvalue weighted by molar-refractivity contribution is 5.93. The Morgan fingerprint density at radius 1 is 1.19 bits per heavy atom. The van der Waals surface area contributed by atoms with Crippen molar-refractivity contribution in [2.24, 2.45) is 11.3 Å². The number of hydrogen-bond donors (Lipinski definition) is 2. The standard InChI is InChI=1S/C21H23NO5/c1-3-26-20(24)21(13-18(21)19(23)22-25)12-15-7-9-16(10-8-15)27-17-6-4-5-14(2)11-17/h4-11,18,25H,3,12-13H2,1-2H3,(H,22,23). The van der Waals surface area contributed by atoms with Gasteiger partial charge in [-0.3, -0.25) is 14.8 Å². The van der Waals surface area contributed by atoms with Crippen molar-refractivity contribution in [3.05, 3.63) is 59.7 Å². The third-order valence-electron chi connectivity index (χ3n) is 4.85. The van der Waals surface area contributed by atoms with Gasteiger partial charge in [0, 0.05) is 0 Å². The van der Waals surface area contributed by atoms with E-state index in [-0.39, 0.29) is 6.61 Å². The minimum absolute atomic E-state index is 0.247. The summed E-state index contributed by atoms with van der Waals surface area (Å²) in [5.41, 5.74) is 2.73. The molecule has 2 N–H and O–H groups in total. The highest BCUT2D eigenvalue weighted by Crippen LogP contribution is 2.56. The van der Waals surface area contributed by atoms with Crippen LogP contribution in [-0.4, -0.2) is 23.7 Å². The number of nitrogens with one attached hydrogen (secondary N) is 1. The van der Waals surface area contributed by atoms with Crippen LogP contribution in [0.1, 0.15) is 24.5 Å². The Morgan fingerprint density at radius 2 is 1.93 bits per heavy atom. The van der Waals surface area contributed by atoms with E-state index in [1.54, 1.807) is 12.4 Å². The molecule has 1 fully saturated rings. The van der Waals surface area contributed by atoms with E-state index >= 15 is 0 Å². The van der Waals surface area contributed by atoms with Gasteiger partial charge in [0.25, 0.3) is 0 Å². The van der Waals surface area contributed by atoms with Crippen molar-refractivity contribution in [3.8, 4) is 11.5 Å². The number of rotatable bonds is 7. The Kier molecular flexibility index (Phi) is 5.46. The second-order valence-corrected chi connectivity index (χ2v) is 6.85. The molecule has 2 unspecified atom stereocenters. The van der Waals surface area contributed by atoms with Crippen LogP contribution >= 0.6 is 0 Å². The van der Waals surface area contributed by atoms with Crippen LogP contribution < -0.4 is 10.2 Å². The topological polar surface area (TPSA) is 84.9 Å². The number of carbonyl (C=O) groups excluding carboxylic acids is 2. The molecule has 6 nitrogen and oxygen atoms in total. The fraction of sp³-hybridized carbons (Fsp3) is 0.333. The van der Waals surface area contributed by atoms with E-state index in [0.29, 0.717) is 18.6 Å². The smallest absolute Gasteiger partial charge is 0.313 e. The third kappa shape index (κ3) is 4.11. The summed E-state index contributed by atoms with van der Waals surface area (Å²) < 4.78 is 11.0. The first kappa shape index (κ1) is 18.9. The summed E-state index contributed by atoms with van der Waals surface area (Å²) in [7, 11) is 0. The monoisotopic (exact) mass is 369 g/mol. The number of amides is 1. The lowest BCUT2D eigenvalue weighted by atomic mass is 9.93. The Morgan fingerprint density at radius 3 is 2.56 bits per heavy atom. The summed E-state index contributed by atoms with van der Waals surface area (Å²) in [6, 6.07) is 15.2. The summed E-state index contributed by atoms with van der Waals surface area (Å²) in [6.07, 6.45) is 0.731. The highest BCUT2D eigenvalue weighted by Gasteiger charge is 2.64. The van der Waals surface area contributed by atoms with E-state index in [2.05, 4.69) is 0 Å². The second-order valence-electron chi connectivity index (χ2n) is 6.85. The first-order valence-electron chi connectivity index (χ1n) is 8.93. The van der Waals surface area contributed by atoms with E-state index in [0.717, 1.165) is 16.9 Å². The number of aryl methyl sites for hydroxylation is 1.